The third kappa shape index (κ3) is 4.67. The topological polar surface area (TPSA) is 32.8 Å². The number of amides is 1. The minimum Gasteiger partial charge on any atom is -0.444 e. The summed E-state index contributed by atoms with van der Waals surface area (Å²) in [5.41, 5.74) is 0.480. The van der Waals surface area contributed by atoms with Crippen LogP contribution in [0.15, 0.2) is 18.2 Å². The van der Waals surface area contributed by atoms with Crippen molar-refractivity contribution in [2.24, 2.45) is 0 Å². The fourth-order valence-corrected chi connectivity index (χ4v) is 3.35. The molecule has 1 aromatic rings. The van der Waals surface area contributed by atoms with Crippen LogP contribution in [-0.4, -0.2) is 42.3 Å². The van der Waals surface area contributed by atoms with Crippen molar-refractivity contribution in [3.8, 4) is 0 Å². The van der Waals surface area contributed by atoms with Crippen molar-refractivity contribution in [2.45, 2.75) is 45.8 Å². The number of halogens is 2. The second kappa shape index (κ2) is 7.18. The molecule has 1 amide bonds. The average Bonchev–Trinajstić information content (AvgIpc) is 2.90. The van der Waals surface area contributed by atoms with Gasteiger partial charge >= 0.3 is 6.09 Å². The van der Waals surface area contributed by atoms with Crippen molar-refractivity contribution >= 4 is 35.0 Å². The van der Waals surface area contributed by atoms with Crippen LogP contribution in [-0.2, 0) is 4.74 Å². The van der Waals surface area contributed by atoms with E-state index in [-0.39, 0.29) is 12.1 Å². The van der Waals surface area contributed by atoms with Gasteiger partial charge in [-0.1, -0.05) is 23.2 Å². The minimum atomic E-state index is -0.473. The Morgan fingerprint density at radius 2 is 2.09 bits per heavy atom. The van der Waals surface area contributed by atoms with E-state index in [2.05, 4.69) is 11.8 Å². The Kier molecular flexibility index (Phi) is 5.69. The Morgan fingerprint density at radius 3 is 2.65 bits per heavy atom. The van der Waals surface area contributed by atoms with Gasteiger partial charge in [0.2, 0.25) is 0 Å². The number of hydrogen-bond donors (Lipinski definition) is 0. The third-order valence-electron chi connectivity index (χ3n) is 3.82. The lowest BCUT2D eigenvalue weighted by Gasteiger charge is -2.31. The number of carbonyl (C=O) groups excluding carboxylic acids is 1. The predicted octanol–water partition coefficient (Wildman–Crippen LogP) is 4.83. The Morgan fingerprint density at radius 1 is 1.39 bits per heavy atom. The van der Waals surface area contributed by atoms with E-state index in [1.54, 1.807) is 11.0 Å². The first-order chi connectivity index (χ1) is 10.7. The van der Waals surface area contributed by atoms with Gasteiger partial charge in [-0.05, 0) is 52.3 Å². The molecule has 0 aromatic heterocycles. The summed E-state index contributed by atoms with van der Waals surface area (Å²) in [6.07, 6.45) is 0.643. The van der Waals surface area contributed by atoms with Gasteiger partial charge in [-0.3, -0.25) is 0 Å². The quantitative estimate of drug-likeness (QED) is 0.775. The summed E-state index contributed by atoms with van der Waals surface area (Å²) in [6, 6.07) is 5.75. The zero-order chi connectivity index (χ0) is 17.2. The van der Waals surface area contributed by atoms with E-state index >= 15 is 0 Å². The molecule has 0 saturated carbocycles. The van der Waals surface area contributed by atoms with Crippen molar-refractivity contribution in [3.63, 3.8) is 0 Å². The molecular weight excluding hydrogens is 335 g/mol. The van der Waals surface area contributed by atoms with Crippen LogP contribution in [0.3, 0.4) is 0 Å². The largest absolute Gasteiger partial charge is 0.444 e. The summed E-state index contributed by atoms with van der Waals surface area (Å²) in [5.74, 6) is 0. The second-order valence-electron chi connectivity index (χ2n) is 6.75. The Bertz CT molecular complexity index is 572. The SMILES string of the molecule is CCN(c1ccc(Cl)cc1Cl)[C@H]1CCN(C(=O)OC(C)(C)C)C1. The average molecular weight is 359 g/mol. The minimum absolute atomic E-state index is 0.228. The summed E-state index contributed by atoms with van der Waals surface area (Å²) in [4.78, 5) is 16.2. The van der Waals surface area contributed by atoms with Crippen LogP contribution in [0.5, 0.6) is 0 Å². The first-order valence-electron chi connectivity index (χ1n) is 7.91. The molecule has 0 bridgehead atoms. The molecule has 1 saturated heterocycles. The molecule has 4 nitrogen and oxygen atoms in total. The highest BCUT2D eigenvalue weighted by Gasteiger charge is 2.33. The van der Waals surface area contributed by atoms with Crippen molar-refractivity contribution in [3.05, 3.63) is 28.2 Å². The number of benzene rings is 1. The summed E-state index contributed by atoms with van der Waals surface area (Å²) >= 11 is 12.3. The van der Waals surface area contributed by atoms with Gasteiger partial charge in [-0.25, -0.2) is 4.79 Å². The Balaban J connectivity index is 2.08. The molecule has 128 valence electrons. The van der Waals surface area contributed by atoms with E-state index in [0.29, 0.717) is 23.1 Å². The molecule has 23 heavy (non-hydrogen) atoms. The van der Waals surface area contributed by atoms with Gasteiger partial charge in [0, 0.05) is 30.7 Å². The lowest BCUT2D eigenvalue weighted by molar-refractivity contribution is 0.0292. The highest BCUT2D eigenvalue weighted by atomic mass is 35.5. The van der Waals surface area contributed by atoms with E-state index in [1.165, 1.54) is 0 Å². The summed E-state index contributed by atoms with van der Waals surface area (Å²) in [5, 5.41) is 1.26. The van der Waals surface area contributed by atoms with Crippen molar-refractivity contribution in [1.29, 1.82) is 0 Å². The van der Waals surface area contributed by atoms with Gasteiger partial charge < -0.3 is 14.5 Å². The number of hydrogen-bond acceptors (Lipinski definition) is 3. The summed E-state index contributed by atoms with van der Waals surface area (Å²) in [6.45, 7) is 9.87. The van der Waals surface area contributed by atoms with E-state index in [4.69, 9.17) is 27.9 Å². The van der Waals surface area contributed by atoms with Gasteiger partial charge in [-0.2, -0.15) is 0 Å². The number of anilines is 1. The fraction of sp³-hybridized carbons (Fsp3) is 0.588. The lowest BCUT2D eigenvalue weighted by Crippen LogP contribution is -2.40. The van der Waals surface area contributed by atoms with Crippen LogP contribution < -0.4 is 4.90 Å². The summed E-state index contributed by atoms with van der Waals surface area (Å²) < 4.78 is 5.45. The zero-order valence-corrected chi connectivity index (χ0v) is 15.6. The molecule has 1 aliphatic heterocycles. The molecule has 0 spiro atoms. The molecule has 0 unspecified atom stereocenters. The van der Waals surface area contributed by atoms with Crippen LogP contribution in [0.25, 0.3) is 0 Å². The normalized spacial score (nSPS) is 18.2. The molecule has 0 N–H and O–H groups in total. The van der Waals surface area contributed by atoms with E-state index < -0.39 is 5.60 Å². The first kappa shape index (κ1) is 18.2. The van der Waals surface area contributed by atoms with Gasteiger partial charge in [0.05, 0.1) is 10.7 Å². The molecule has 1 heterocycles. The molecule has 2 rings (SSSR count). The van der Waals surface area contributed by atoms with Crippen LogP contribution in [0.2, 0.25) is 10.0 Å². The standard InChI is InChI=1S/C17H24Cl2N2O2/c1-5-21(15-7-6-12(18)10-14(15)19)13-8-9-20(11-13)16(22)23-17(2,3)4/h6-7,10,13H,5,8-9,11H2,1-4H3/t13-/m0/s1. The van der Waals surface area contributed by atoms with Crippen molar-refractivity contribution in [1.82, 2.24) is 4.90 Å². The van der Waals surface area contributed by atoms with Crippen LogP contribution in [0, 0.1) is 0 Å². The number of likely N-dealkylation sites (N-methyl/N-ethyl adjacent to an activating group) is 1. The van der Waals surface area contributed by atoms with E-state index in [1.807, 2.05) is 32.9 Å². The van der Waals surface area contributed by atoms with Gasteiger partial charge in [0.15, 0.2) is 0 Å². The van der Waals surface area contributed by atoms with Crippen LogP contribution in [0.4, 0.5) is 10.5 Å². The Labute approximate surface area is 148 Å². The monoisotopic (exact) mass is 358 g/mol. The van der Waals surface area contributed by atoms with E-state index in [9.17, 15) is 4.79 Å². The fourth-order valence-electron chi connectivity index (χ4n) is 2.83. The Hall–Kier alpha value is -1.13. The number of nitrogens with zero attached hydrogens (tertiary/aromatic N) is 2. The predicted molar refractivity (Wildman–Crippen MR) is 95.7 cm³/mol. The van der Waals surface area contributed by atoms with Crippen LogP contribution in [0.1, 0.15) is 34.1 Å². The molecule has 1 aliphatic rings. The second-order valence-corrected chi connectivity index (χ2v) is 7.59. The summed E-state index contributed by atoms with van der Waals surface area (Å²) in [7, 11) is 0. The van der Waals surface area contributed by atoms with Gasteiger partial charge in [-0.15, -0.1) is 0 Å². The maximum Gasteiger partial charge on any atom is 0.410 e. The number of likely N-dealkylation sites (tertiary alicyclic amines) is 1. The lowest BCUT2D eigenvalue weighted by atomic mass is 10.2. The maximum absolute atomic E-state index is 12.2. The molecule has 1 fully saturated rings. The molecule has 1 atom stereocenters. The van der Waals surface area contributed by atoms with Gasteiger partial charge in [0.25, 0.3) is 0 Å². The van der Waals surface area contributed by atoms with E-state index in [0.717, 1.165) is 18.7 Å². The molecule has 0 aliphatic carbocycles. The van der Waals surface area contributed by atoms with Gasteiger partial charge in [0.1, 0.15) is 5.60 Å². The number of carbonyl (C=O) groups is 1. The highest BCUT2D eigenvalue weighted by Crippen LogP contribution is 2.32. The third-order valence-corrected chi connectivity index (χ3v) is 4.35. The smallest absolute Gasteiger partial charge is 0.410 e. The molecule has 0 radical (unpaired) electrons. The van der Waals surface area contributed by atoms with Crippen molar-refractivity contribution in [2.75, 3.05) is 24.5 Å². The molecule has 6 heteroatoms. The van der Waals surface area contributed by atoms with Crippen molar-refractivity contribution < 1.29 is 9.53 Å². The number of rotatable bonds is 3. The number of ether oxygens (including phenoxy) is 1. The zero-order valence-electron chi connectivity index (χ0n) is 14.1. The first-order valence-corrected chi connectivity index (χ1v) is 8.66. The maximum atomic E-state index is 12.2. The van der Waals surface area contributed by atoms with Crippen LogP contribution >= 0.6 is 23.2 Å². The molecule has 1 aromatic carbocycles. The highest BCUT2D eigenvalue weighted by molar-refractivity contribution is 6.36. The molecular formula is C17H24Cl2N2O2.